The standard InChI is InChI=1S/C73H57N3/c1-6-19-52(20-7-1)68-50-71(55-37-41-62(42-38-55)75(59-26-12-4-13-27-59)64-43-44-66-65-31-16-17-32-72(65)76(73(66)48-64)60-28-14-5-15-29-60)69(53-21-8-2-9-22-53)49-70(68)54-35-39-61(40-36-54)74(58-24-10-3-11-25-58)63-30-18-23-56(47-63)67-46-51-33-34-57(67)45-51/h1-32,35-44,47-51,57,67H,33-34,45-46H2. The third-order valence-electron chi connectivity index (χ3n) is 16.5. The number of benzene rings is 11. The Morgan fingerprint density at radius 2 is 0.737 bits per heavy atom. The first kappa shape index (κ1) is 45.4. The minimum Gasteiger partial charge on any atom is -0.310 e. The summed E-state index contributed by atoms with van der Waals surface area (Å²) >= 11 is 0. The summed E-state index contributed by atoms with van der Waals surface area (Å²) in [6.07, 6.45) is 5.52. The van der Waals surface area contributed by atoms with E-state index in [1.165, 1.54) is 97.7 Å². The van der Waals surface area contributed by atoms with Gasteiger partial charge in [-0.3, -0.25) is 0 Å². The number of hydrogen-bond donors (Lipinski definition) is 0. The third kappa shape index (κ3) is 8.35. The second-order valence-electron chi connectivity index (χ2n) is 20.9. The maximum absolute atomic E-state index is 2.47. The van der Waals surface area contributed by atoms with E-state index < -0.39 is 0 Å². The van der Waals surface area contributed by atoms with Crippen molar-refractivity contribution in [3.63, 3.8) is 0 Å². The van der Waals surface area contributed by atoms with Crippen LogP contribution in [0.1, 0.15) is 37.2 Å². The van der Waals surface area contributed by atoms with Gasteiger partial charge in [-0.15, -0.1) is 0 Å². The molecule has 12 aromatic rings. The average Bonchev–Trinajstić information content (AvgIpc) is 4.27. The van der Waals surface area contributed by atoms with Gasteiger partial charge < -0.3 is 14.4 Å². The third-order valence-corrected chi connectivity index (χ3v) is 16.5. The van der Waals surface area contributed by atoms with Crippen LogP contribution in [-0.4, -0.2) is 4.57 Å². The molecule has 0 amide bonds. The van der Waals surface area contributed by atoms with Crippen LogP contribution in [0.15, 0.2) is 279 Å². The summed E-state index contributed by atoms with van der Waals surface area (Å²) in [4.78, 5) is 4.81. The normalized spacial score (nSPS) is 15.8. The first-order valence-electron chi connectivity index (χ1n) is 27.1. The topological polar surface area (TPSA) is 11.4 Å². The van der Waals surface area contributed by atoms with E-state index in [0.717, 1.165) is 51.5 Å². The van der Waals surface area contributed by atoms with Crippen molar-refractivity contribution in [2.24, 2.45) is 11.8 Å². The van der Waals surface area contributed by atoms with Gasteiger partial charge in [-0.25, -0.2) is 0 Å². The van der Waals surface area contributed by atoms with E-state index in [1.807, 2.05) is 0 Å². The van der Waals surface area contributed by atoms with Crippen molar-refractivity contribution in [1.82, 2.24) is 4.57 Å². The van der Waals surface area contributed by atoms with Crippen molar-refractivity contribution in [3.05, 3.63) is 285 Å². The fraction of sp³-hybridized carbons (Fsp3) is 0.0959. The summed E-state index contributed by atoms with van der Waals surface area (Å²) in [5, 5.41) is 2.47. The lowest BCUT2D eigenvalue weighted by atomic mass is 9.83. The lowest BCUT2D eigenvalue weighted by Gasteiger charge is -2.28. The number of rotatable bonds is 12. The Kier molecular flexibility index (Phi) is 11.7. The van der Waals surface area contributed by atoms with Crippen LogP contribution in [0.5, 0.6) is 0 Å². The minimum absolute atomic E-state index is 0.667. The first-order valence-corrected chi connectivity index (χ1v) is 27.1. The molecular formula is C73H57N3. The number of nitrogens with zero attached hydrogens (tertiary/aromatic N) is 3. The number of aromatic nitrogens is 1. The summed E-state index contributed by atoms with van der Waals surface area (Å²) in [5.41, 5.74) is 21.2. The molecule has 2 saturated carbocycles. The van der Waals surface area contributed by atoms with Crippen molar-refractivity contribution in [2.45, 2.75) is 31.6 Å². The van der Waals surface area contributed by atoms with Crippen molar-refractivity contribution < 1.29 is 0 Å². The lowest BCUT2D eigenvalue weighted by Crippen LogP contribution is -2.12. The number of hydrogen-bond acceptors (Lipinski definition) is 2. The number of para-hydroxylation sites is 4. The van der Waals surface area contributed by atoms with Gasteiger partial charge in [0.05, 0.1) is 11.0 Å². The van der Waals surface area contributed by atoms with Gasteiger partial charge in [-0.05, 0) is 190 Å². The second-order valence-corrected chi connectivity index (χ2v) is 20.9. The zero-order valence-electron chi connectivity index (χ0n) is 42.5. The number of fused-ring (bicyclic) bond motifs is 5. The molecule has 3 nitrogen and oxygen atoms in total. The van der Waals surface area contributed by atoms with E-state index in [4.69, 9.17) is 0 Å². The maximum Gasteiger partial charge on any atom is 0.0561 e. The summed E-state index contributed by atoms with van der Waals surface area (Å²) in [6, 6.07) is 102. The zero-order chi connectivity index (χ0) is 50.4. The molecule has 0 saturated heterocycles. The molecule has 0 aliphatic heterocycles. The Bertz CT molecular complexity index is 3980. The first-order chi connectivity index (χ1) is 37.7. The highest BCUT2D eigenvalue weighted by molar-refractivity contribution is 6.10. The summed E-state index contributed by atoms with van der Waals surface area (Å²) in [6.45, 7) is 0. The molecular weight excluding hydrogens is 919 g/mol. The van der Waals surface area contributed by atoms with Gasteiger partial charge in [0.25, 0.3) is 0 Å². The number of anilines is 6. The molecule has 76 heavy (non-hydrogen) atoms. The predicted molar refractivity (Wildman–Crippen MR) is 320 cm³/mol. The molecule has 0 radical (unpaired) electrons. The highest BCUT2D eigenvalue weighted by atomic mass is 15.1. The smallest absolute Gasteiger partial charge is 0.0561 e. The van der Waals surface area contributed by atoms with Gasteiger partial charge in [0.2, 0.25) is 0 Å². The van der Waals surface area contributed by atoms with Crippen LogP contribution in [0.4, 0.5) is 34.1 Å². The second kappa shape index (κ2) is 19.6. The molecule has 2 aliphatic carbocycles. The van der Waals surface area contributed by atoms with E-state index in [0.29, 0.717) is 5.92 Å². The summed E-state index contributed by atoms with van der Waals surface area (Å²) in [7, 11) is 0. The molecule has 14 rings (SSSR count). The fourth-order valence-electron chi connectivity index (χ4n) is 12.9. The van der Waals surface area contributed by atoms with Crippen molar-refractivity contribution in [1.29, 1.82) is 0 Å². The van der Waals surface area contributed by atoms with E-state index in [9.17, 15) is 0 Å². The monoisotopic (exact) mass is 975 g/mol. The highest BCUT2D eigenvalue weighted by Gasteiger charge is 2.40. The van der Waals surface area contributed by atoms with Gasteiger partial charge in [0.1, 0.15) is 0 Å². The minimum atomic E-state index is 0.667. The Morgan fingerprint density at radius 3 is 1.26 bits per heavy atom. The Morgan fingerprint density at radius 1 is 0.303 bits per heavy atom. The average molecular weight is 976 g/mol. The van der Waals surface area contributed by atoms with Gasteiger partial charge >= 0.3 is 0 Å². The molecule has 1 aromatic heterocycles. The molecule has 0 N–H and O–H groups in total. The SMILES string of the molecule is c1ccc(-c2cc(-c3ccc(N(c4ccccc4)c4ccc5c6ccccc6n(-c6ccccc6)c5c4)cc3)c(-c3ccccc3)cc2-c2ccc(N(c3ccccc3)c3cccc(C4CC5CCC4C5)c3)cc2)cc1. The molecule has 364 valence electrons. The van der Waals surface area contributed by atoms with Crippen LogP contribution in [0.25, 0.3) is 72.0 Å². The zero-order valence-corrected chi connectivity index (χ0v) is 42.5. The lowest BCUT2D eigenvalue weighted by molar-refractivity contribution is 0.420. The van der Waals surface area contributed by atoms with Gasteiger partial charge in [0, 0.05) is 50.6 Å². The van der Waals surface area contributed by atoms with Crippen LogP contribution >= 0.6 is 0 Å². The highest BCUT2D eigenvalue weighted by Crippen LogP contribution is 2.54. The Hall–Kier alpha value is -9.18. The van der Waals surface area contributed by atoms with Crippen molar-refractivity contribution in [2.75, 3.05) is 9.80 Å². The largest absolute Gasteiger partial charge is 0.310 e. The van der Waals surface area contributed by atoms with E-state index in [1.54, 1.807) is 0 Å². The molecule has 1 heterocycles. The summed E-state index contributed by atoms with van der Waals surface area (Å²) < 4.78 is 2.39. The van der Waals surface area contributed by atoms with E-state index >= 15 is 0 Å². The molecule has 3 unspecified atom stereocenters. The summed E-state index contributed by atoms with van der Waals surface area (Å²) in [5.74, 6) is 2.40. The molecule has 2 aliphatic rings. The van der Waals surface area contributed by atoms with Crippen LogP contribution in [-0.2, 0) is 0 Å². The molecule has 3 heteroatoms. The molecule has 2 fully saturated rings. The Balaban J connectivity index is 0.872. The quantitative estimate of drug-likeness (QED) is 0.121. The molecule has 3 atom stereocenters. The van der Waals surface area contributed by atoms with Crippen molar-refractivity contribution >= 4 is 55.9 Å². The van der Waals surface area contributed by atoms with Crippen LogP contribution in [0, 0.1) is 11.8 Å². The van der Waals surface area contributed by atoms with E-state index in [2.05, 4.69) is 293 Å². The Labute approximate surface area is 446 Å². The van der Waals surface area contributed by atoms with Crippen LogP contribution in [0.2, 0.25) is 0 Å². The van der Waals surface area contributed by atoms with Crippen LogP contribution < -0.4 is 9.80 Å². The predicted octanol–water partition coefficient (Wildman–Crippen LogP) is 20.3. The molecule has 0 spiro atoms. The van der Waals surface area contributed by atoms with Gasteiger partial charge in [-0.2, -0.15) is 0 Å². The fourth-order valence-corrected chi connectivity index (χ4v) is 12.9. The molecule has 11 aromatic carbocycles. The molecule has 2 bridgehead atoms. The van der Waals surface area contributed by atoms with Crippen molar-refractivity contribution in [3.8, 4) is 50.2 Å². The van der Waals surface area contributed by atoms with Gasteiger partial charge in [-0.1, -0.05) is 182 Å². The maximum atomic E-state index is 2.47. The van der Waals surface area contributed by atoms with Crippen LogP contribution in [0.3, 0.4) is 0 Å². The van der Waals surface area contributed by atoms with Gasteiger partial charge in [0.15, 0.2) is 0 Å². The van der Waals surface area contributed by atoms with E-state index in [-0.39, 0.29) is 0 Å².